The van der Waals surface area contributed by atoms with Gasteiger partial charge in [0, 0.05) is 6.42 Å². The highest BCUT2D eigenvalue weighted by Crippen LogP contribution is 2.23. The number of hydrogen-bond acceptors (Lipinski definition) is 4. The molecule has 4 N–H and O–H groups in total. The molecule has 1 amide bonds. The molecular weight excluding hydrogens is 280 g/mol. The van der Waals surface area contributed by atoms with Gasteiger partial charge in [0.15, 0.2) is 0 Å². The second kappa shape index (κ2) is 9.30. The normalized spacial score (nSPS) is 12.2. The molecule has 0 aromatic heterocycles. The fourth-order valence-electron chi connectivity index (χ4n) is 1.98. The van der Waals surface area contributed by atoms with Gasteiger partial charge in [0.05, 0.1) is 24.9 Å². The van der Waals surface area contributed by atoms with E-state index in [-0.39, 0.29) is 18.6 Å². The number of hydrogen-bond donors (Lipinski definition) is 3. The van der Waals surface area contributed by atoms with Gasteiger partial charge >= 0.3 is 0 Å². The topological polar surface area (TPSA) is 84.6 Å². The number of amides is 1. The van der Waals surface area contributed by atoms with Crippen molar-refractivity contribution in [1.82, 2.24) is 5.32 Å². The Balaban J connectivity index is 2.50. The van der Waals surface area contributed by atoms with Gasteiger partial charge in [-0.3, -0.25) is 4.79 Å². The molecule has 0 heterocycles. The highest BCUT2D eigenvalue weighted by Gasteiger charge is 2.10. The standard InChI is InChI=1S/C17H28N2O3/c1-4-14(10-20)19-17(21)8-6-13-5-7-16(15(18)9-13)22-11-12(2)3/h5,7,9,12,14,20H,4,6,8,10-11,18H2,1-3H3,(H,19,21). The minimum absolute atomic E-state index is 0.0307. The van der Waals surface area contributed by atoms with Crippen molar-refractivity contribution < 1.29 is 14.6 Å². The fraction of sp³-hybridized carbons (Fsp3) is 0.588. The molecule has 22 heavy (non-hydrogen) atoms. The van der Waals surface area contributed by atoms with Gasteiger partial charge in [-0.1, -0.05) is 26.8 Å². The van der Waals surface area contributed by atoms with Crippen LogP contribution in [0.5, 0.6) is 5.75 Å². The predicted molar refractivity (Wildman–Crippen MR) is 88.8 cm³/mol. The van der Waals surface area contributed by atoms with Crippen molar-refractivity contribution in [2.75, 3.05) is 18.9 Å². The van der Waals surface area contributed by atoms with Crippen LogP contribution in [0.1, 0.15) is 39.2 Å². The van der Waals surface area contributed by atoms with E-state index in [0.717, 1.165) is 12.0 Å². The average Bonchev–Trinajstić information content (AvgIpc) is 2.49. The molecule has 124 valence electrons. The molecule has 0 aliphatic rings. The predicted octanol–water partition coefficient (Wildman–Crippen LogP) is 2.12. The van der Waals surface area contributed by atoms with Crippen LogP contribution in [-0.4, -0.2) is 30.3 Å². The first-order chi connectivity index (χ1) is 10.5. The zero-order valence-electron chi connectivity index (χ0n) is 13.8. The smallest absolute Gasteiger partial charge is 0.220 e. The maximum absolute atomic E-state index is 11.8. The number of aliphatic hydroxyl groups excluding tert-OH is 1. The number of aryl methyl sites for hydroxylation is 1. The Kier molecular flexibility index (Phi) is 7.74. The summed E-state index contributed by atoms with van der Waals surface area (Å²) in [6.07, 6.45) is 1.71. The van der Waals surface area contributed by atoms with Crippen molar-refractivity contribution in [1.29, 1.82) is 0 Å². The van der Waals surface area contributed by atoms with E-state index in [1.54, 1.807) is 0 Å². The second-order valence-corrected chi connectivity index (χ2v) is 5.93. The summed E-state index contributed by atoms with van der Waals surface area (Å²) < 4.78 is 5.63. The van der Waals surface area contributed by atoms with Gasteiger partial charge in [0.25, 0.3) is 0 Å². The summed E-state index contributed by atoms with van der Waals surface area (Å²) in [5, 5.41) is 11.9. The van der Waals surface area contributed by atoms with Crippen LogP contribution in [-0.2, 0) is 11.2 Å². The number of carbonyl (C=O) groups excluding carboxylic acids is 1. The number of carbonyl (C=O) groups is 1. The molecule has 0 radical (unpaired) electrons. The molecule has 0 bridgehead atoms. The molecule has 5 heteroatoms. The number of rotatable bonds is 9. The third-order valence-electron chi connectivity index (χ3n) is 3.37. The largest absolute Gasteiger partial charge is 0.491 e. The van der Waals surface area contributed by atoms with E-state index >= 15 is 0 Å². The minimum atomic E-state index is -0.163. The van der Waals surface area contributed by atoms with Gasteiger partial charge in [-0.15, -0.1) is 0 Å². The summed E-state index contributed by atoms with van der Waals surface area (Å²) in [4.78, 5) is 11.8. The first kappa shape index (κ1) is 18.3. The Morgan fingerprint density at radius 1 is 1.41 bits per heavy atom. The highest BCUT2D eigenvalue weighted by molar-refractivity contribution is 5.76. The van der Waals surface area contributed by atoms with E-state index < -0.39 is 0 Å². The summed E-state index contributed by atoms with van der Waals surface area (Å²) in [6, 6.07) is 5.48. The summed E-state index contributed by atoms with van der Waals surface area (Å²) >= 11 is 0. The SMILES string of the molecule is CCC(CO)NC(=O)CCc1ccc(OCC(C)C)c(N)c1. The molecule has 1 unspecified atom stereocenters. The molecule has 5 nitrogen and oxygen atoms in total. The second-order valence-electron chi connectivity index (χ2n) is 5.93. The lowest BCUT2D eigenvalue weighted by atomic mass is 10.1. The summed E-state index contributed by atoms with van der Waals surface area (Å²) in [5.74, 6) is 1.08. The molecule has 0 saturated carbocycles. The molecule has 0 fully saturated rings. The van der Waals surface area contributed by atoms with Crippen LogP contribution in [0.3, 0.4) is 0 Å². The third kappa shape index (κ3) is 6.35. The van der Waals surface area contributed by atoms with Crippen molar-refractivity contribution in [2.24, 2.45) is 5.92 Å². The van der Waals surface area contributed by atoms with Gasteiger partial charge < -0.3 is 20.9 Å². The summed E-state index contributed by atoms with van der Waals surface area (Å²) in [6.45, 7) is 6.69. The van der Waals surface area contributed by atoms with Crippen LogP contribution in [0.25, 0.3) is 0 Å². The Morgan fingerprint density at radius 3 is 2.68 bits per heavy atom. The number of benzene rings is 1. The number of anilines is 1. The molecule has 0 spiro atoms. The van der Waals surface area contributed by atoms with E-state index in [2.05, 4.69) is 19.2 Å². The first-order valence-electron chi connectivity index (χ1n) is 7.87. The Hall–Kier alpha value is -1.75. The van der Waals surface area contributed by atoms with Crippen molar-refractivity contribution >= 4 is 11.6 Å². The van der Waals surface area contributed by atoms with E-state index in [0.29, 0.717) is 36.8 Å². The van der Waals surface area contributed by atoms with Crippen molar-refractivity contribution in [3.8, 4) is 5.75 Å². The van der Waals surface area contributed by atoms with E-state index in [9.17, 15) is 4.79 Å². The van der Waals surface area contributed by atoms with Gasteiger partial charge in [-0.25, -0.2) is 0 Å². The van der Waals surface area contributed by atoms with Gasteiger partial charge in [0.2, 0.25) is 5.91 Å². The lowest BCUT2D eigenvalue weighted by Crippen LogP contribution is -2.37. The Morgan fingerprint density at radius 2 is 2.14 bits per heavy atom. The molecule has 1 atom stereocenters. The number of aliphatic hydroxyl groups is 1. The van der Waals surface area contributed by atoms with Crippen LogP contribution in [0.4, 0.5) is 5.69 Å². The number of nitrogen functional groups attached to an aromatic ring is 1. The number of ether oxygens (including phenoxy) is 1. The van der Waals surface area contributed by atoms with Gasteiger partial charge in [-0.05, 0) is 36.5 Å². The van der Waals surface area contributed by atoms with Crippen LogP contribution >= 0.6 is 0 Å². The molecule has 0 aliphatic carbocycles. The van der Waals surface area contributed by atoms with Gasteiger partial charge in [0.1, 0.15) is 5.75 Å². The molecule has 0 aliphatic heterocycles. The Labute approximate surface area is 132 Å². The maximum Gasteiger partial charge on any atom is 0.220 e. The van der Waals surface area contributed by atoms with E-state index in [4.69, 9.17) is 15.6 Å². The monoisotopic (exact) mass is 308 g/mol. The molecular formula is C17H28N2O3. The molecule has 1 aromatic carbocycles. The zero-order chi connectivity index (χ0) is 16.5. The molecule has 0 saturated heterocycles. The van der Waals surface area contributed by atoms with Crippen LogP contribution < -0.4 is 15.8 Å². The average molecular weight is 308 g/mol. The van der Waals surface area contributed by atoms with E-state index in [1.165, 1.54) is 0 Å². The maximum atomic E-state index is 11.8. The fourth-order valence-corrected chi connectivity index (χ4v) is 1.98. The van der Waals surface area contributed by atoms with E-state index in [1.807, 2.05) is 25.1 Å². The zero-order valence-corrected chi connectivity index (χ0v) is 13.8. The van der Waals surface area contributed by atoms with Gasteiger partial charge in [-0.2, -0.15) is 0 Å². The summed E-state index contributed by atoms with van der Waals surface area (Å²) in [7, 11) is 0. The summed E-state index contributed by atoms with van der Waals surface area (Å²) in [5.41, 5.74) is 7.58. The highest BCUT2D eigenvalue weighted by atomic mass is 16.5. The lowest BCUT2D eigenvalue weighted by molar-refractivity contribution is -0.122. The van der Waals surface area contributed by atoms with Crippen LogP contribution in [0, 0.1) is 5.92 Å². The van der Waals surface area contributed by atoms with Crippen LogP contribution in [0.15, 0.2) is 18.2 Å². The third-order valence-corrected chi connectivity index (χ3v) is 3.37. The number of nitrogens with two attached hydrogens (primary N) is 1. The first-order valence-corrected chi connectivity index (χ1v) is 7.87. The van der Waals surface area contributed by atoms with Crippen molar-refractivity contribution in [3.63, 3.8) is 0 Å². The van der Waals surface area contributed by atoms with Crippen molar-refractivity contribution in [3.05, 3.63) is 23.8 Å². The number of nitrogens with one attached hydrogen (secondary N) is 1. The Bertz CT molecular complexity index is 471. The minimum Gasteiger partial charge on any atom is -0.491 e. The molecule has 1 aromatic rings. The van der Waals surface area contributed by atoms with Crippen molar-refractivity contribution in [2.45, 2.75) is 46.1 Å². The quantitative estimate of drug-likeness (QED) is 0.610. The molecule has 1 rings (SSSR count). The lowest BCUT2D eigenvalue weighted by Gasteiger charge is -2.14. The van der Waals surface area contributed by atoms with Crippen LogP contribution in [0.2, 0.25) is 0 Å².